The van der Waals surface area contributed by atoms with E-state index in [0.717, 1.165) is 0 Å². The number of aliphatic hydroxyl groups excluding tert-OH is 1. The number of carbonyl (C=O) groups is 1. The highest BCUT2D eigenvalue weighted by Gasteiger charge is 2.43. The van der Waals surface area contributed by atoms with E-state index in [1.807, 2.05) is 0 Å². The van der Waals surface area contributed by atoms with Crippen LogP contribution in [-0.2, 0) is 9.53 Å². The van der Waals surface area contributed by atoms with Crippen LogP contribution in [0.3, 0.4) is 0 Å². The van der Waals surface area contributed by atoms with Gasteiger partial charge in [0.2, 0.25) is 0 Å². The molecule has 0 spiro atoms. The SMILES string of the molecule is CCOC(=O)CCCN[C@H]1c2ccc([N+](=O)[O-])cc2OC(C)(C)[C@@H]1O. The molecule has 0 aromatic heterocycles. The van der Waals surface area contributed by atoms with Crippen molar-refractivity contribution in [3.63, 3.8) is 0 Å². The summed E-state index contributed by atoms with van der Waals surface area (Å²) in [7, 11) is 0. The summed E-state index contributed by atoms with van der Waals surface area (Å²) in [6.07, 6.45) is 0.00605. The average Bonchev–Trinajstić information content (AvgIpc) is 2.54. The van der Waals surface area contributed by atoms with Gasteiger partial charge in [-0.15, -0.1) is 0 Å². The second kappa shape index (κ2) is 7.79. The first-order valence-electron chi connectivity index (χ1n) is 8.30. The van der Waals surface area contributed by atoms with Gasteiger partial charge in [-0.1, -0.05) is 0 Å². The van der Waals surface area contributed by atoms with Crippen LogP contribution in [0.15, 0.2) is 18.2 Å². The van der Waals surface area contributed by atoms with E-state index >= 15 is 0 Å². The molecule has 1 aliphatic rings. The number of ether oxygens (including phenoxy) is 2. The van der Waals surface area contributed by atoms with Gasteiger partial charge in [0, 0.05) is 18.1 Å². The molecule has 8 nitrogen and oxygen atoms in total. The summed E-state index contributed by atoms with van der Waals surface area (Å²) in [5.41, 5.74) is -0.304. The van der Waals surface area contributed by atoms with Crippen LogP contribution in [0.2, 0.25) is 0 Å². The van der Waals surface area contributed by atoms with Crippen molar-refractivity contribution in [2.75, 3.05) is 13.2 Å². The molecule has 1 aromatic rings. The molecule has 2 rings (SSSR count). The fourth-order valence-electron chi connectivity index (χ4n) is 2.84. The number of nitrogens with zero attached hydrogens (tertiary/aromatic N) is 1. The monoisotopic (exact) mass is 352 g/mol. The smallest absolute Gasteiger partial charge is 0.305 e. The molecule has 2 atom stereocenters. The third kappa shape index (κ3) is 4.46. The van der Waals surface area contributed by atoms with Crippen molar-refractivity contribution in [2.45, 2.75) is 51.4 Å². The number of rotatable bonds is 7. The maximum absolute atomic E-state index is 11.4. The van der Waals surface area contributed by atoms with Gasteiger partial charge in [0.25, 0.3) is 5.69 Å². The number of nitrogens with one attached hydrogen (secondary N) is 1. The minimum absolute atomic E-state index is 0.0630. The predicted molar refractivity (Wildman–Crippen MR) is 90.4 cm³/mol. The van der Waals surface area contributed by atoms with E-state index in [9.17, 15) is 20.0 Å². The third-order valence-corrected chi connectivity index (χ3v) is 4.17. The summed E-state index contributed by atoms with van der Waals surface area (Å²) in [5.74, 6) is 0.126. The highest BCUT2D eigenvalue weighted by molar-refractivity contribution is 5.69. The van der Waals surface area contributed by atoms with E-state index in [2.05, 4.69) is 5.32 Å². The van der Waals surface area contributed by atoms with Gasteiger partial charge < -0.3 is 19.9 Å². The number of aliphatic hydroxyl groups is 1. The summed E-state index contributed by atoms with van der Waals surface area (Å²) in [6, 6.07) is 3.91. The van der Waals surface area contributed by atoms with Gasteiger partial charge in [-0.2, -0.15) is 0 Å². The lowest BCUT2D eigenvalue weighted by Crippen LogP contribution is -2.52. The number of fused-ring (bicyclic) bond motifs is 1. The summed E-state index contributed by atoms with van der Waals surface area (Å²) < 4.78 is 10.6. The maximum atomic E-state index is 11.4. The molecule has 25 heavy (non-hydrogen) atoms. The number of hydrogen-bond acceptors (Lipinski definition) is 7. The van der Waals surface area contributed by atoms with Crippen LogP contribution in [0, 0.1) is 10.1 Å². The van der Waals surface area contributed by atoms with E-state index in [1.54, 1.807) is 26.8 Å². The maximum Gasteiger partial charge on any atom is 0.305 e. The Balaban J connectivity index is 2.11. The number of benzene rings is 1. The molecule has 138 valence electrons. The van der Waals surface area contributed by atoms with Crippen molar-refractivity contribution in [3.8, 4) is 5.75 Å². The Morgan fingerprint density at radius 2 is 2.20 bits per heavy atom. The largest absolute Gasteiger partial charge is 0.484 e. The van der Waals surface area contributed by atoms with Crippen LogP contribution in [0.4, 0.5) is 5.69 Å². The first-order valence-corrected chi connectivity index (χ1v) is 8.30. The molecule has 0 bridgehead atoms. The highest BCUT2D eigenvalue weighted by Crippen LogP contribution is 2.41. The molecule has 0 fully saturated rings. The van der Waals surface area contributed by atoms with Crippen molar-refractivity contribution in [3.05, 3.63) is 33.9 Å². The highest BCUT2D eigenvalue weighted by atomic mass is 16.6. The topological polar surface area (TPSA) is 111 Å². The molecule has 1 heterocycles. The van der Waals surface area contributed by atoms with Crippen LogP contribution in [-0.4, -0.2) is 40.9 Å². The van der Waals surface area contributed by atoms with Gasteiger partial charge in [-0.25, -0.2) is 0 Å². The fraction of sp³-hybridized carbons (Fsp3) is 0.588. The van der Waals surface area contributed by atoms with E-state index in [4.69, 9.17) is 9.47 Å². The lowest BCUT2D eigenvalue weighted by Gasteiger charge is -2.42. The van der Waals surface area contributed by atoms with Crippen LogP contribution in [0.1, 0.15) is 45.2 Å². The fourth-order valence-corrected chi connectivity index (χ4v) is 2.84. The molecule has 2 N–H and O–H groups in total. The van der Waals surface area contributed by atoms with E-state index in [0.29, 0.717) is 30.9 Å². The first-order chi connectivity index (χ1) is 11.8. The van der Waals surface area contributed by atoms with Gasteiger partial charge in [0.15, 0.2) is 0 Å². The van der Waals surface area contributed by atoms with Crippen LogP contribution in [0.25, 0.3) is 0 Å². The Morgan fingerprint density at radius 3 is 2.84 bits per heavy atom. The van der Waals surface area contributed by atoms with E-state index in [-0.39, 0.29) is 18.1 Å². The quantitative estimate of drug-likeness (QED) is 0.334. The first kappa shape index (κ1) is 19.1. The van der Waals surface area contributed by atoms with Crippen molar-refractivity contribution in [1.29, 1.82) is 0 Å². The summed E-state index contributed by atoms with van der Waals surface area (Å²) >= 11 is 0. The Kier molecular flexibility index (Phi) is 5.97. The molecule has 0 radical (unpaired) electrons. The third-order valence-electron chi connectivity index (χ3n) is 4.17. The molecule has 0 amide bonds. The Hall–Kier alpha value is -2.19. The minimum atomic E-state index is -0.902. The summed E-state index contributed by atoms with van der Waals surface area (Å²) in [5, 5.41) is 24.8. The van der Waals surface area contributed by atoms with Gasteiger partial charge in [-0.3, -0.25) is 14.9 Å². The molecule has 0 saturated carbocycles. The number of nitro benzene ring substituents is 1. The Bertz CT molecular complexity index is 646. The van der Waals surface area contributed by atoms with Crippen LogP contribution in [0.5, 0.6) is 5.75 Å². The zero-order valence-corrected chi connectivity index (χ0v) is 14.7. The van der Waals surface area contributed by atoms with E-state index in [1.165, 1.54) is 12.1 Å². The number of nitro groups is 1. The molecule has 1 aromatic carbocycles. The standard InChI is InChI=1S/C17H24N2O6/c1-4-24-14(20)6-5-9-18-15-12-8-7-11(19(22)23)10-13(12)25-17(2,3)16(15)21/h7-8,10,15-16,18,21H,4-6,9H2,1-3H3/t15-,16+/m0/s1. The van der Waals surface area contributed by atoms with Crippen LogP contribution < -0.4 is 10.1 Å². The zero-order valence-electron chi connectivity index (χ0n) is 14.7. The summed E-state index contributed by atoms with van der Waals surface area (Å²) in [4.78, 5) is 21.9. The lowest BCUT2D eigenvalue weighted by atomic mass is 9.86. The van der Waals surface area contributed by atoms with Crippen molar-refractivity contribution in [1.82, 2.24) is 5.32 Å². The van der Waals surface area contributed by atoms with Crippen molar-refractivity contribution in [2.24, 2.45) is 0 Å². The van der Waals surface area contributed by atoms with E-state index < -0.39 is 22.7 Å². The summed E-state index contributed by atoms with van der Waals surface area (Å²) in [6.45, 7) is 6.06. The second-order valence-electron chi connectivity index (χ2n) is 6.47. The van der Waals surface area contributed by atoms with Crippen LogP contribution >= 0.6 is 0 Å². The number of non-ortho nitro benzene ring substituents is 1. The molecular formula is C17H24N2O6. The van der Waals surface area contributed by atoms with Gasteiger partial charge in [0.05, 0.1) is 23.6 Å². The minimum Gasteiger partial charge on any atom is -0.484 e. The number of hydrogen-bond donors (Lipinski definition) is 2. The lowest BCUT2D eigenvalue weighted by molar-refractivity contribution is -0.385. The molecule has 8 heteroatoms. The molecule has 0 unspecified atom stereocenters. The Labute approximate surface area is 146 Å². The second-order valence-corrected chi connectivity index (χ2v) is 6.47. The number of carbonyl (C=O) groups excluding carboxylic acids is 1. The number of esters is 1. The van der Waals surface area contributed by atoms with Gasteiger partial charge in [0.1, 0.15) is 17.5 Å². The van der Waals surface area contributed by atoms with Crippen molar-refractivity contribution < 1.29 is 24.3 Å². The zero-order chi connectivity index (χ0) is 18.6. The average molecular weight is 352 g/mol. The molecule has 0 aliphatic carbocycles. The Morgan fingerprint density at radius 1 is 1.48 bits per heavy atom. The molecular weight excluding hydrogens is 328 g/mol. The van der Waals surface area contributed by atoms with Gasteiger partial charge >= 0.3 is 5.97 Å². The molecule has 0 saturated heterocycles. The predicted octanol–water partition coefficient (Wildman–Crippen LogP) is 2.10. The van der Waals surface area contributed by atoms with Gasteiger partial charge in [-0.05, 0) is 39.8 Å². The normalized spacial score (nSPS) is 21.1. The van der Waals surface area contributed by atoms with Crippen molar-refractivity contribution >= 4 is 11.7 Å². The molecule has 1 aliphatic heterocycles.